The second-order valence-electron chi connectivity index (χ2n) is 6.08. The van der Waals surface area contributed by atoms with Crippen molar-refractivity contribution in [2.75, 3.05) is 25.4 Å². The summed E-state index contributed by atoms with van der Waals surface area (Å²) >= 11 is 4.20. The van der Waals surface area contributed by atoms with E-state index in [1.807, 2.05) is 13.8 Å². The molecule has 5 heteroatoms. The Balaban J connectivity index is 2.13. The molecule has 122 valence electrons. The van der Waals surface area contributed by atoms with Crippen molar-refractivity contribution in [1.82, 2.24) is 9.80 Å². The number of rotatable bonds is 10. The van der Waals surface area contributed by atoms with Crippen LogP contribution in [0.15, 0.2) is 0 Å². The molecule has 0 spiro atoms. The highest BCUT2D eigenvalue weighted by atomic mass is 32.1. The zero-order valence-corrected chi connectivity index (χ0v) is 14.4. The first-order chi connectivity index (χ1) is 10.1. The maximum atomic E-state index is 12.0. The van der Waals surface area contributed by atoms with Gasteiger partial charge in [0.25, 0.3) is 0 Å². The Hall–Kier alpha value is -0.710. The largest absolute Gasteiger partial charge is 0.333 e. The number of hydrogen-bond donors (Lipinski definition) is 1. The quantitative estimate of drug-likeness (QED) is 0.383. The second-order valence-corrected chi connectivity index (χ2v) is 6.53. The van der Waals surface area contributed by atoms with Crippen molar-refractivity contribution in [2.24, 2.45) is 0 Å². The Morgan fingerprint density at radius 1 is 0.905 bits per heavy atom. The predicted octanol–water partition coefficient (Wildman–Crippen LogP) is 2.73. The third-order valence-corrected chi connectivity index (χ3v) is 4.37. The summed E-state index contributed by atoms with van der Waals surface area (Å²) in [5.74, 6) is 0.338. The average molecular weight is 314 g/mol. The van der Waals surface area contributed by atoms with E-state index >= 15 is 0 Å². The van der Waals surface area contributed by atoms with E-state index in [4.69, 9.17) is 0 Å². The highest BCUT2D eigenvalue weighted by molar-refractivity contribution is 7.80. The molecule has 2 amide bonds. The zero-order valence-electron chi connectivity index (χ0n) is 13.5. The third kappa shape index (κ3) is 6.29. The molecule has 0 aromatic carbocycles. The highest BCUT2D eigenvalue weighted by Crippen LogP contribution is 2.12. The summed E-state index contributed by atoms with van der Waals surface area (Å²) < 4.78 is 0. The molecule has 0 saturated carbocycles. The Bertz CT molecular complexity index is 334. The fourth-order valence-corrected chi connectivity index (χ4v) is 2.92. The topological polar surface area (TPSA) is 40.6 Å². The SMILES string of the molecule is CC(C)N1CCN(CCCCCCCCCS)C(=O)C1=O. The first kappa shape index (κ1) is 18.3. The Morgan fingerprint density at radius 3 is 2.05 bits per heavy atom. The molecule has 0 aliphatic carbocycles. The van der Waals surface area contributed by atoms with Crippen molar-refractivity contribution in [3.63, 3.8) is 0 Å². The van der Waals surface area contributed by atoms with Gasteiger partial charge in [0, 0.05) is 25.7 Å². The van der Waals surface area contributed by atoms with Crippen LogP contribution >= 0.6 is 12.6 Å². The molecule has 1 fully saturated rings. The summed E-state index contributed by atoms with van der Waals surface area (Å²) in [6.45, 7) is 5.99. The number of unbranched alkanes of at least 4 members (excludes halogenated alkanes) is 6. The van der Waals surface area contributed by atoms with Crippen LogP contribution in [0, 0.1) is 0 Å². The molecule has 1 aliphatic heterocycles. The van der Waals surface area contributed by atoms with E-state index in [-0.39, 0.29) is 17.9 Å². The van der Waals surface area contributed by atoms with Gasteiger partial charge in [-0.2, -0.15) is 12.6 Å². The van der Waals surface area contributed by atoms with Gasteiger partial charge in [-0.25, -0.2) is 0 Å². The molecule has 0 bridgehead atoms. The smallest absolute Gasteiger partial charge is 0.312 e. The van der Waals surface area contributed by atoms with Crippen molar-refractivity contribution in [3.8, 4) is 0 Å². The van der Waals surface area contributed by atoms with E-state index in [9.17, 15) is 9.59 Å². The number of hydrogen-bond acceptors (Lipinski definition) is 3. The predicted molar refractivity (Wildman–Crippen MR) is 89.6 cm³/mol. The maximum absolute atomic E-state index is 12.0. The van der Waals surface area contributed by atoms with Gasteiger partial charge >= 0.3 is 11.8 Å². The van der Waals surface area contributed by atoms with Crippen LogP contribution in [0.2, 0.25) is 0 Å². The molecule has 0 unspecified atom stereocenters. The molecule has 0 aromatic rings. The molecular formula is C16H30N2O2S. The normalized spacial score (nSPS) is 16.2. The first-order valence-corrected chi connectivity index (χ1v) is 8.92. The number of amides is 2. The van der Waals surface area contributed by atoms with Gasteiger partial charge in [-0.05, 0) is 32.4 Å². The van der Waals surface area contributed by atoms with Crippen molar-refractivity contribution in [2.45, 2.75) is 64.8 Å². The van der Waals surface area contributed by atoms with Crippen LogP contribution < -0.4 is 0 Å². The standard InChI is InChI=1S/C16H30N2O2S/c1-14(2)18-12-11-17(15(19)16(18)20)10-8-6-4-3-5-7-9-13-21/h14,21H,3-13H2,1-2H3. The summed E-state index contributed by atoms with van der Waals surface area (Å²) in [5.41, 5.74) is 0. The van der Waals surface area contributed by atoms with Gasteiger partial charge < -0.3 is 9.80 Å². The number of nitrogens with zero attached hydrogens (tertiary/aromatic N) is 2. The first-order valence-electron chi connectivity index (χ1n) is 8.28. The minimum Gasteiger partial charge on any atom is -0.333 e. The monoisotopic (exact) mass is 314 g/mol. The number of carbonyl (C=O) groups is 2. The van der Waals surface area contributed by atoms with Crippen molar-refractivity contribution in [3.05, 3.63) is 0 Å². The lowest BCUT2D eigenvalue weighted by molar-refractivity contribution is -0.157. The minimum atomic E-state index is -0.331. The van der Waals surface area contributed by atoms with E-state index in [1.165, 1.54) is 32.1 Å². The third-order valence-electron chi connectivity index (χ3n) is 4.05. The van der Waals surface area contributed by atoms with E-state index in [1.54, 1.807) is 9.80 Å². The van der Waals surface area contributed by atoms with Crippen LogP contribution in [0.1, 0.15) is 58.8 Å². The number of thiol groups is 1. The molecule has 1 rings (SSSR count). The Labute approximate surface area is 134 Å². The van der Waals surface area contributed by atoms with Crippen molar-refractivity contribution < 1.29 is 9.59 Å². The summed E-state index contributed by atoms with van der Waals surface area (Å²) in [6, 6.07) is 0.112. The molecule has 1 aliphatic rings. The molecule has 0 atom stereocenters. The molecule has 0 aromatic heterocycles. The van der Waals surface area contributed by atoms with E-state index in [0.29, 0.717) is 13.1 Å². The molecule has 0 N–H and O–H groups in total. The van der Waals surface area contributed by atoms with Gasteiger partial charge in [-0.1, -0.05) is 32.1 Å². The molecular weight excluding hydrogens is 284 g/mol. The van der Waals surface area contributed by atoms with Gasteiger partial charge in [0.15, 0.2) is 0 Å². The Morgan fingerprint density at radius 2 is 1.48 bits per heavy atom. The second kappa shape index (κ2) is 10.1. The van der Waals surface area contributed by atoms with Gasteiger partial charge in [0.2, 0.25) is 0 Å². The number of carbonyl (C=O) groups excluding carboxylic acids is 2. The van der Waals surface area contributed by atoms with Gasteiger partial charge in [-0.3, -0.25) is 9.59 Å². The van der Waals surface area contributed by atoms with Crippen LogP contribution in [0.5, 0.6) is 0 Å². The lowest BCUT2D eigenvalue weighted by atomic mass is 10.1. The molecule has 1 saturated heterocycles. The lowest BCUT2D eigenvalue weighted by Gasteiger charge is -2.36. The van der Waals surface area contributed by atoms with Crippen LogP contribution in [-0.4, -0.2) is 53.0 Å². The van der Waals surface area contributed by atoms with Crippen LogP contribution in [0.3, 0.4) is 0 Å². The van der Waals surface area contributed by atoms with Gasteiger partial charge in [0.05, 0.1) is 0 Å². The summed E-state index contributed by atoms with van der Waals surface area (Å²) in [6.07, 6.45) is 8.40. The Kier molecular flexibility index (Phi) is 8.81. The van der Waals surface area contributed by atoms with Crippen molar-refractivity contribution >= 4 is 24.4 Å². The summed E-state index contributed by atoms with van der Waals surface area (Å²) in [7, 11) is 0. The van der Waals surface area contributed by atoms with E-state index < -0.39 is 0 Å². The van der Waals surface area contributed by atoms with Crippen LogP contribution in [0.4, 0.5) is 0 Å². The minimum absolute atomic E-state index is 0.112. The van der Waals surface area contributed by atoms with Crippen molar-refractivity contribution in [1.29, 1.82) is 0 Å². The zero-order chi connectivity index (χ0) is 15.7. The maximum Gasteiger partial charge on any atom is 0.312 e. The summed E-state index contributed by atoms with van der Waals surface area (Å²) in [4.78, 5) is 27.3. The fraction of sp³-hybridized carbons (Fsp3) is 0.875. The van der Waals surface area contributed by atoms with E-state index in [0.717, 1.165) is 25.1 Å². The molecule has 4 nitrogen and oxygen atoms in total. The average Bonchev–Trinajstić information content (AvgIpc) is 2.45. The molecule has 0 radical (unpaired) electrons. The molecule has 21 heavy (non-hydrogen) atoms. The highest BCUT2D eigenvalue weighted by Gasteiger charge is 2.33. The summed E-state index contributed by atoms with van der Waals surface area (Å²) in [5, 5.41) is 0. The fourth-order valence-electron chi connectivity index (χ4n) is 2.69. The van der Waals surface area contributed by atoms with Crippen LogP contribution in [-0.2, 0) is 9.59 Å². The molecule has 1 heterocycles. The lowest BCUT2D eigenvalue weighted by Crippen LogP contribution is -2.56. The van der Waals surface area contributed by atoms with Gasteiger partial charge in [-0.15, -0.1) is 0 Å². The van der Waals surface area contributed by atoms with Gasteiger partial charge in [0.1, 0.15) is 0 Å². The van der Waals surface area contributed by atoms with E-state index in [2.05, 4.69) is 12.6 Å². The van der Waals surface area contributed by atoms with Crippen LogP contribution in [0.25, 0.3) is 0 Å². The number of piperazine rings is 1.